The van der Waals surface area contributed by atoms with Crippen LogP contribution in [0.1, 0.15) is 0 Å². The van der Waals surface area contributed by atoms with E-state index < -0.39 is 19.9 Å². The predicted molar refractivity (Wildman–Crippen MR) is 93.4 cm³/mol. The maximum atomic E-state index is 12.9. The van der Waals surface area contributed by atoms with Gasteiger partial charge >= 0.3 is 0 Å². The summed E-state index contributed by atoms with van der Waals surface area (Å²) < 4.78 is 50.7. The highest BCUT2D eigenvalue weighted by atomic mass is 32.2. The molecular formula is C15H23N3O5S2. The fourth-order valence-electron chi connectivity index (χ4n) is 2.66. The van der Waals surface area contributed by atoms with E-state index in [9.17, 15) is 21.6 Å². The molecule has 1 aliphatic rings. The van der Waals surface area contributed by atoms with Gasteiger partial charge in [0, 0.05) is 32.4 Å². The average molecular weight is 389 g/mol. The normalized spacial score (nSPS) is 17.0. The van der Waals surface area contributed by atoms with Gasteiger partial charge in [0.15, 0.2) is 9.84 Å². The van der Waals surface area contributed by atoms with Gasteiger partial charge < -0.3 is 9.80 Å². The van der Waals surface area contributed by atoms with Crippen molar-refractivity contribution in [1.82, 2.24) is 14.1 Å². The second kappa shape index (κ2) is 7.40. The molecule has 1 fully saturated rings. The van der Waals surface area contributed by atoms with Crippen LogP contribution in [-0.4, -0.2) is 89.9 Å². The first-order chi connectivity index (χ1) is 11.5. The van der Waals surface area contributed by atoms with Crippen molar-refractivity contribution in [3.8, 4) is 0 Å². The van der Waals surface area contributed by atoms with E-state index in [0.717, 1.165) is 6.26 Å². The molecule has 0 N–H and O–H groups in total. The van der Waals surface area contributed by atoms with E-state index in [-0.39, 0.29) is 48.4 Å². The van der Waals surface area contributed by atoms with E-state index >= 15 is 0 Å². The van der Waals surface area contributed by atoms with E-state index in [1.54, 1.807) is 23.9 Å². The minimum absolute atomic E-state index is 0.0569. The Hall–Kier alpha value is -1.49. The molecule has 0 radical (unpaired) electrons. The lowest BCUT2D eigenvalue weighted by Crippen LogP contribution is -2.52. The number of nitrogens with zero attached hydrogens (tertiary/aromatic N) is 3. The van der Waals surface area contributed by atoms with Crippen molar-refractivity contribution in [2.75, 3.05) is 53.1 Å². The van der Waals surface area contributed by atoms with Crippen LogP contribution in [-0.2, 0) is 24.7 Å². The molecule has 10 heteroatoms. The van der Waals surface area contributed by atoms with Crippen LogP contribution in [0.3, 0.4) is 0 Å². The molecule has 0 aromatic heterocycles. The highest BCUT2D eigenvalue weighted by Crippen LogP contribution is 2.25. The van der Waals surface area contributed by atoms with Gasteiger partial charge in [-0.1, -0.05) is 12.1 Å². The third-order valence-electron chi connectivity index (χ3n) is 3.91. The highest BCUT2D eigenvalue weighted by molar-refractivity contribution is 7.93. The molecule has 1 heterocycles. The van der Waals surface area contributed by atoms with Gasteiger partial charge in [-0.25, -0.2) is 16.8 Å². The number of likely N-dealkylation sites (N-methyl/N-ethyl adjacent to an activating group) is 1. The lowest BCUT2D eigenvalue weighted by Gasteiger charge is -2.34. The van der Waals surface area contributed by atoms with Crippen LogP contribution in [0.2, 0.25) is 0 Å². The van der Waals surface area contributed by atoms with Gasteiger partial charge in [-0.2, -0.15) is 4.31 Å². The smallest absolute Gasteiger partial charge is 0.244 e. The summed E-state index contributed by atoms with van der Waals surface area (Å²) in [5.41, 5.74) is 0. The van der Waals surface area contributed by atoms with E-state index in [1.165, 1.54) is 28.6 Å². The first-order valence-electron chi connectivity index (χ1n) is 7.75. The zero-order chi connectivity index (χ0) is 18.8. The quantitative estimate of drug-likeness (QED) is 0.673. The predicted octanol–water partition coefficient (Wildman–Crippen LogP) is -0.515. The van der Waals surface area contributed by atoms with Gasteiger partial charge in [-0.05, 0) is 26.2 Å². The molecule has 0 atom stereocenters. The zero-order valence-electron chi connectivity index (χ0n) is 14.5. The lowest BCUT2D eigenvalue weighted by molar-refractivity contribution is -0.133. The molecule has 1 saturated heterocycles. The van der Waals surface area contributed by atoms with Crippen LogP contribution < -0.4 is 0 Å². The summed E-state index contributed by atoms with van der Waals surface area (Å²) >= 11 is 0. The zero-order valence-corrected chi connectivity index (χ0v) is 16.2. The molecule has 2 rings (SSSR count). The Labute approximate surface area is 149 Å². The first kappa shape index (κ1) is 19.8. The van der Waals surface area contributed by atoms with Gasteiger partial charge in [0.2, 0.25) is 15.9 Å². The summed E-state index contributed by atoms with van der Waals surface area (Å²) in [4.78, 5) is 15.0. The number of piperazine rings is 1. The van der Waals surface area contributed by atoms with Crippen LogP contribution in [0.25, 0.3) is 0 Å². The van der Waals surface area contributed by atoms with Gasteiger partial charge in [0.1, 0.15) is 4.90 Å². The Balaban J connectivity index is 2.20. The second-order valence-corrected chi connectivity index (χ2v) is 10.1. The third kappa shape index (κ3) is 4.57. The van der Waals surface area contributed by atoms with Crippen molar-refractivity contribution in [2.24, 2.45) is 0 Å². The monoisotopic (exact) mass is 389 g/mol. The standard InChI is InChI=1S/C15H23N3O5S2/c1-16(2)12-15(19)17-8-10-18(11-9-17)25(22,23)14-7-5-4-6-13(14)24(3,20)21/h4-7H,8-12H2,1-3H3. The van der Waals surface area contributed by atoms with Crippen molar-refractivity contribution in [2.45, 2.75) is 9.79 Å². The molecule has 0 aliphatic carbocycles. The number of sulfone groups is 1. The van der Waals surface area contributed by atoms with Gasteiger partial charge in [-0.3, -0.25) is 4.79 Å². The summed E-state index contributed by atoms with van der Waals surface area (Å²) in [5, 5.41) is 0. The minimum atomic E-state index is -3.94. The SMILES string of the molecule is CN(C)CC(=O)N1CCN(S(=O)(=O)c2ccccc2S(C)(=O)=O)CC1. The Morgan fingerprint density at radius 3 is 2.00 bits per heavy atom. The largest absolute Gasteiger partial charge is 0.339 e. The Morgan fingerprint density at radius 2 is 1.52 bits per heavy atom. The molecular weight excluding hydrogens is 366 g/mol. The molecule has 1 aliphatic heterocycles. The summed E-state index contributed by atoms with van der Waals surface area (Å²) in [7, 11) is -4.03. The lowest BCUT2D eigenvalue weighted by atomic mass is 10.3. The number of amides is 1. The van der Waals surface area contributed by atoms with Crippen molar-refractivity contribution in [3.05, 3.63) is 24.3 Å². The molecule has 1 amide bonds. The van der Waals surface area contributed by atoms with E-state index in [1.807, 2.05) is 0 Å². The Kier molecular flexibility index (Phi) is 5.87. The van der Waals surface area contributed by atoms with Crippen LogP contribution in [0.4, 0.5) is 0 Å². The number of hydrogen-bond acceptors (Lipinski definition) is 6. The average Bonchev–Trinajstić information content (AvgIpc) is 2.53. The molecule has 0 spiro atoms. The maximum absolute atomic E-state index is 12.9. The maximum Gasteiger partial charge on any atom is 0.244 e. The number of carbonyl (C=O) groups excluding carboxylic acids is 1. The molecule has 0 unspecified atom stereocenters. The number of hydrogen-bond donors (Lipinski definition) is 0. The number of carbonyl (C=O) groups is 1. The number of rotatable bonds is 5. The fraction of sp³-hybridized carbons (Fsp3) is 0.533. The summed E-state index contributed by atoms with van der Waals surface area (Å²) in [6, 6.07) is 5.58. The van der Waals surface area contributed by atoms with Gasteiger partial charge in [-0.15, -0.1) is 0 Å². The fourth-order valence-corrected chi connectivity index (χ4v) is 5.68. The van der Waals surface area contributed by atoms with E-state index in [0.29, 0.717) is 0 Å². The number of sulfonamides is 1. The molecule has 140 valence electrons. The number of benzene rings is 1. The van der Waals surface area contributed by atoms with Crippen molar-refractivity contribution in [1.29, 1.82) is 0 Å². The summed E-state index contributed by atoms with van der Waals surface area (Å²) in [6.07, 6.45) is 0.985. The van der Waals surface area contributed by atoms with E-state index in [4.69, 9.17) is 0 Å². The van der Waals surface area contributed by atoms with Crippen molar-refractivity contribution >= 4 is 25.8 Å². The first-order valence-corrected chi connectivity index (χ1v) is 11.1. The van der Waals surface area contributed by atoms with Crippen LogP contribution in [0.5, 0.6) is 0 Å². The Morgan fingerprint density at radius 1 is 1.00 bits per heavy atom. The summed E-state index contributed by atoms with van der Waals surface area (Å²) in [5.74, 6) is -0.0569. The van der Waals surface area contributed by atoms with Crippen LogP contribution in [0.15, 0.2) is 34.1 Å². The minimum Gasteiger partial charge on any atom is -0.339 e. The molecule has 1 aromatic carbocycles. The van der Waals surface area contributed by atoms with Crippen LogP contribution >= 0.6 is 0 Å². The van der Waals surface area contributed by atoms with Crippen LogP contribution in [0, 0.1) is 0 Å². The second-order valence-electron chi connectivity index (χ2n) is 6.24. The van der Waals surface area contributed by atoms with Gasteiger partial charge in [0.05, 0.1) is 11.4 Å². The topological polar surface area (TPSA) is 95.1 Å². The molecule has 8 nitrogen and oxygen atoms in total. The van der Waals surface area contributed by atoms with Gasteiger partial charge in [0.25, 0.3) is 0 Å². The molecule has 0 saturated carbocycles. The van der Waals surface area contributed by atoms with E-state index in [2.05, 4.69) is 0 Å². The third-order valence-corrected chi connectivity index (χ3v) is 7.15. The highest BCUT2D eigenvalue weighted by Gasteiger charge is 2.33. The molecule has 0 bridgehead atoms. The molecule has 1 aromatic rings. The van der Waals surface area contributed by atoms with Crippen molar-refractivity contribution < 1.29 is 21.6 Å². The molecule has 25 heavy (non-hydrogen) atoms. The van der Waals surface area contributed by atoms with Crippen molar-refractivity contribution in [3.63, 3.8) is 0 Å². The Bertz CT molecular complexity index is 842. The summed E-state index contributed by atoms with van der Waals surface area (Å²) in [6.45, 7) is 1.11.